The summed E-state index contributed by atoms with van der Waals surface area (Å²) in [7, 11) is 0. The minimum Gasteiger partial charge on any atom is -0.462 e. The monoisotopic (exact) mass is 366 g/mol. The Balaban J connectivity index is 2.10. The molecule has 3 fully saturated rings. The van der Waals surface area contributed by atoms with Gasteiger partial charge in [0.05, 0.1) is 12.0 Å². The van der Waals surface area contributed by atoms with Gasteiger partial charge in [0.25, 0.3) is 0 Å². The highest BCUT2D eigenvalue weighted by Crippen LogP contribution is 2.58. The van der Waals surface area contributed by atoms with Crippen molar-refractivity contribution in [1.29, 1.82) is 0 Å². The molecule has 2 aliphatic carbocycles. The first kappa shape index (κ1) is 18.9. The van der Waals surface area contributed by atoms with E-state index in [1.54, 1.807) is 0 Å². The van der Waals surface area contributed by atoms with Gasteiger partial charge >= 0.3 is 17.9 Å². The zero-order chi connectivity index (χ0) is 19.4. The molecule has 1 saturated heterocycles. The minimum absolute atomic E-state index is 0.0201. The quantitative estimate of drug-likeness (QED) is 0.448. The summed E-state index contributed by atoms with van der Waals surface area (Å²) in [5.74, 6) is -2.18. The van der Waals surface area contributed by atoms with E-state index in [2.05, 4.69) is 6.58 Å². The van der Waals surface area contributed by atoms with E-state index in [-0.39, 0.29) is 23.8 Å². The highest BCUT2D eigenvalue weighted by molar-refractivity contribution is 5.91. The van der Waals surface area contributed by atoms with Crippen molar-refractivity contribution < 1.29 is 33.7 Å². The third-order valence-electron chi connectivity index (χ3n) is 6.38. The average Bonchev–Trinajstić information content (AvgIpc) is 2.88. The van der Waals surface area contributed by atoms with Gasteiger partial charge in [0.15, 0.2) is 0 Å². The average molecular weight is 366 g/mol. The first-order chi connectivity index (χ1) is 12.1. The molecule has 0 amide bonds. The summed E-state index contributed by atoms with van der Waals surface area (Å²) >= 11 is 0. The van der Waals surface area contributed by atoms with Crippen LogP contribution >= 0.6 is 0 Å². The van der Waals surface area contributed by atoms with Gasteiger partial charge in [-0.25, -0.2) is 4.79 Å². The lowest BCUT2D eigenvalue weighted by molar-refractivity contribution is -0.170. The van der Waals surface area contributed by atoms with Crippen molar-refractivity contribution in [3.8, 4) is 0 Å². The van der Waals surface area contributed by atoms with Gasteiger partial charge in [-0.2, -0.15) is 0 Å². The second-order valence-corrected chi connectivity index (χ2v) is 8.03. The van der Waals surface area contributed by atoms with Gasteiger partial charge in [-0.3, -0.25) is 9.59 Å². The minimum atomic E-state index is -0.887. The topological polar surface area (TPSA) is 99.1 Å². The van der Waals surface area contributed by atoms with E-state index in [0.717, 1.165) is 0 Å². The Morgan fingerprint density at radius 2 is 1.85 bits per heavy atom. The van der Waals surface area contributed by atoms with Crippen molar-refractivity contribution >= 4 is 17.9 Å². The summed E-state index contributed by atoms with van der Waals surface area (Å²) in [5.41, 5.74) is -0.625. The first-order valence-electron chi connectivity index (χ1n) is 8.99. The van der Waals surface area contributed by atoms with Gasteiger partial charge in [-0.15, -0.1) is 0 Å². The molecule has 1 aliphatic heterocycles. The molecule has 1 N–H and O–H groups in total. The molecule has 1 heterocycles. The zero-order valence-corrected chi connectivity index (χ0v) is 15.6. The van der Waals surface area contributed by atoms with Crippen LogP contribution in [0, 0.1) is 23.2 Å². The van der Waals surface area contributed by atoms with Crippen LogP contribution in [0.4, 0.5) is 0 Å². The van der Waals surface area contributed by atoms with E-state index in [0.29, 0.717) is 6.42 Å². The van der Waals surface area contributed by atoms with Crippen LogP contribution in [-0.4, -0.2) is 47.4 Å². The summed E-state index contributed by atoms with van der Waals surface area (Å²) in [6, 6.07) is 0. The van der Waals surface area contributed by atoms with Crippen LogP contribution in [-0.2, 0) is 28.6 Å². The number of esters is 3. The van der Waals surface area contributed by atoms with Crippen molar-refractivity contribution in [3.63, 3.8) is 0 Å². The molecule has 0 aromatic carbocycles. The van der Waals surface area contributed by atoms with Crippen molar-refractivity contribution in [2.75, 3.05) is 0 Å². The Labute approximate surface area is 152 Å². The van der Waals surface area contributed by atoms with Crippen LogP contribution in [0.3, 0.4) is 0 Å². The molecule has 7 nitrogen and oxygen atoms in total. The molecule has 3 rings (SSSR count). The lowest BCUT2D eigenvalue weighted by Gasteiger charge is -2.43. The fourth-order valence-corrected chi connectivity index (χ4v) is 5.44. The second kappa shape index (κ2) is 6.37. The van der Waals surface area contributed by atoms with E-state index in [4.69, 9.17) is 14.2 Å². The number of carbonyl (C=O) groups is 3. The SMILES string of the molecule is C=C1C(=O)O[C@H]2C[C@@H](C)[C@@H]3[C@@H](OC(C)=O)C[C@@H](O)[C@@]3(C)[C@H](OC(C)=O)[C@H]12. The fraction of sp³-hybridized carbons (Fsp3) is 0.737. The van der Waals surface area contributed by atoms with Crippen LogP contribution in [0.15, 0.2) is 12.2 Å². The molecule has 0 aromatic rings. The standard InChI is InChI=1S/C19H26O7/c1-8-6-12-15(9(2)18(23)26-12)17(25-11(4)21)19(5)14(22)7-13(16(8)19)24-10(3)20/h8,12-17,22H,2,6-7H2,1,3-5H3/t8-,12+,13+,14-,15-,16-,17-,19-/m1/s1. The van der Waals surface area contributed by atoms with E-state index in [9.17, 15) is 19.5 Å². The molecule has 0 unspecified atom stereocenters. The van der Waals surface area contributed by atoms with Crippen LogP contribution < -0.4 is 0 Å². The van der Waals surface area contributed by atoms with Crippen LogP contribution in [0.25, 0.3) is 0 Å². The molecular weight excluding hydrogens is 340 g/mol. The van der Waals surface area contributed by atoms with Gasteiger partial charge < -0.3 is 19.3 Å². The molecule has 7 heteroatoms. The van der Waals surface area contributed by atoms with E-state index in [1.807, 2.05) is 13.8 Å². The number of hydrogen-bond acceptors (Lipinski definition) is 7. The smallest absolute Gasteiger partial charge is 0.334 e. The summed E-state index contributed by atoms with van der Waals surface area (Å²) in [6.07, 6.45) is -1.80. The number of rotatable bonds is 2. The van der Waals surface area contributed by atoms with Crippen LogP contribution in [0.2, 0.25) is 0 Å². The maximum Gasteiger partial charge on any atom is 0.334 e. The Morgan fingerprint density at radius 1 is 1.23 bits per heavy atom. The lowest BCUT2D eigenvalue weighted by Crippen LogP contribution is -2.51. The predicted molar refractivity (Wildman–Crippen MR) is 89.6 cm³/mol. The van der Waals surface area contributed by atoms with E-state index < -0.39 is 53.7 Å². The fourth-order valence-electron chi connectivity index (χ4n) is 5.44. The van der Waals surface area contributed by atoms with Crippen molar-refractivity contribution in [3.05, 3.63) is 12.2 Å². The molecule has 0 spiro atoms. The summed E-state index contributed by atoms with van der Waals surface area (Å²) < 4.78 is 16.6. The maximum absolute atomic E-state index is 12.1. The molecule has 144 valence electrons. The third-order valence-corrected chi connectivity index (χ3v) is 6.38. The number of fused-ring (bicyclic) bond motifs is 2. The summed E-state index contributed by atoms with van der Waals surface area (Å²) in [4.78, 5) is 35.5. The number of carbonyl (C=O) groups excluding carboxylic acids is 3. The van der Waals surface area contributed by atoms with Gasteiger partial charge in [0.2, 0.25) is 0 Å². The van der Waals surface area contributed by atoms with Crippen molar-refractivity contribution in [1.82, 2.24) is 0 Å². The zero-order valence-electron chi connectivity index (χ0n) is 15.6. The molecule has 8 atom stereocenters. The maximum atomic E-state index is 12.1. The molecule has 0 bridgehead atoms. The predicted octanol–water partition coefficient (Wildman–Crippen LogP) is 1.37. The van der Waals surface area contributed by atoms with Gasteiger partial charge in [-0.1, -0.05) is 20.4 Å². The van der Waals surface area contributed by atoms with E-state index >= 15 is 0 Å². The summed E-state index contributed by atoms with van der Waals surface area (Å²) in [5, 5.41) is 10.9. The number of aliphatic hydroxyl groups is 1. The molecular formula is C19H26O7. The van der Waals surface area contributed by atoms with Gasteiger partial charge in [0, 0.05) is 37.2 Å². The molecule has 0 aromatic heterocycles. The Hall–Kier alpha value is -1.89. The highest BCUT2D eigenvalue weighted by atomic mass is 16.6. The number of aliphatic hydroxyl groups excluding tert-OH is 1. The van der Waals surface area contributed by atoms with Crippen molar-refractivity contribution in [2.45, 2.75) is 65.0 Å². The molecule has 26 heavy (non-hydrogen) atoms. The van der Waals surface area contributed by atoms with Gasteiger partial charge in [0.1, 0.15) is 18.3 Å². The number of hydrogen-bond donors (Lipinski definition) is 1. The van der Waals surface area contributed by atoms with Crippen molar-refractivity contribution in [2.24, 2.45) is 23.2 Å². The third kappa shape index (κ3) is 2.73. The number of ether oxygens (including phenoxy) is 3. The highest BCUT2D eigenvalue weighted by Gasteiger charge is 2.66. The van der Waals surface area contributed by atoms with Crippen LogP contribution in [0.1, 0.15) is 40.5 Å². The first-order valence-corrected chi connectivity index (χ1v) is 8.99. The molecule has 3 aliphatic rings. The second-order valence-electron chi connectivity index (χ2n) is 8.03. The molecule has 0 radical (unpaired) electrons. The lowest BCUT2D eigenvalue weighted by atomic mass is 9.66. The Morgan fingerprint density at radius 3 is 2.42 bits per heavy atom. The Kier molecular flexibility index (Phi) is 4.63. The van der Waals surface area contributed by atoms with Gasteiger partial charge in [-0.05, 0) is 12.3 Å². The Bertz CT molecular complexity index is 656. The molecule has 2 saturated carbocycles. The normalized spacial score (nSPS) is 44.6. The van der Waals surface area contributed by atoms with Crippen LogP contribution in [0.5, 0.6) is 0 Å². The largest absolute Gasteiger partial charge is 0.462 e. The van der Waals surface area contributed by atoms with E-state index in [1.165, 1.54) is 13.8 Å². The summed E-state index contributed by atoms with van der Waals surface area (Å²) in [6.45, 7) is 10.3.